The third kappa shape index (κ3) is 5.64. The van der Waals surface area contributed by atoms with Gasteiger partial charge in [0, 0.05) is 29.7 Å². The van der Waals surface area contributed by atoms with Crippen LogP contribution in [0.2, 0.25) is 0 Å². The minimum atomic E-state index is -0.931. The van der Waals surface area contributed by atoms with Crippen molar-refractivity contribution in [1.29, 1.82) is 0 Å². The molecule has 0 aliphatic carbocycles. The van der Waals surface area contributed by atoms with Gasteiger partial charge in [0.1, 0.15) is 7.85 Å². The molecule has 3 aromatic carbocycles. The van der Waals surface area contributed by atoms with Crippen molar-refractivity contribution in [3.8, 4) is 56.6 Å². The number of benzene rings is 3. The third-order valence-electron chi connectivity index (χ3n) is 6.64. The number of pyridine rings is 1. The van der Waals surface area contributed by atoms with Gasteiger partial charge in [-0.05, 0) is 52.9 Å². The van der Waals surface area contributed by atoms with E-state index in [1.54, 1.807) is 18.6 Å². The molecule has 7 nitrogen and oxygen atoms in total. The van der Waals surface area contributed by atoms with Crippen LogP contribution in [-0.4, -0.2) is 43.2 Å². The number of rotatable bonds is 7. The molecule has 0 saturated heterocycles. The lowest BCUT2D eigenvalue weighted by Crippen LogP contribution is -2.10. The van der Waals surface area contributed by atoms with E-state index in [1.165, 1.54) is 0 Å². The summed E-state index contributed by atoms with van der Waals surface area (Å²) in [5, 5.41) is 41.0. The van der Waals surface area contributed by atoms with Crippen LogP contribution in [0.5, 0.6) is 23.0 Å². The molecule has 2 heterocycles. The van der Waals surface area contributed by atoms with Crippen LogP contribution < -0.4 is 5.46 Å². The highest BCUT2D eigenvalue weighted by Gasteiger charge is 2.24. The zero-order valence-electron chi connectivity index (χ0n) is 22.7. The Balaban J connectivity index is 1.70. The van der Waals surface area contributed by atoms with E-state index >= 15 is 0 Å². The monoisotopic (exact) mass is 551 g/mol. The number of phenolic OH excluding ortho intramolecular Hbond substituents is 4. The molecule has 0 unspecified atom stereocenters. The molecule has 2 aromatic heterocycles. The molecule has 0 fully saturated rings. The quantitative estimate of drug-likeness (QED) is 0.0828. The van der Waals surface area contributed by atoms with Gasteiger partial charge in [-0.25, -0.2) is 9.97 Å². The van der Waals surface area contributed by atoms with Gasteiger partial charge >= 0.3 is 0 Å². The molecule has 5 rings (SSSR count). The van der Waals surface area contributed by atoms with Gasteiger partial charge in [0.2, 0.25) is 11.5 Å². The van der Waals surface area contributed by atoms with Crippen molar-refractivity contribution in [2.75, 3.05) is 0 Å². The van der Waals surface area contributed by atoms with Gasteiger partial charge < -0.3 is 20.4 Å². The van der Waals surface area contributed by atoms with Gasteiger partial charge in [-0.15, -0.1) is 0 Å². The van der Waals surface area contributed by atoms with E-state index in [-0.39, 0.29) is 16.9 Å². The molecular formula is C34H26BN3O4. The summed E-state index contributed by atoms with van der Waals surface area (Å²) < 4.78 is 0. The van der Waals surface area contributed by atoms with Crippen LogP contribution in [0.4, 0.5) is 0 Å². The minimum Gasteiger partial charge on any atom is -0.505 e. The van der Waals surface area contributed by atoms with Gasteiger partial charge in [-0.1, -0.05) is 78.9 Å². The highest BCUT2D eigenvalue weighted by Crippen LogP contribution is 2.45. The molecule has 0 bridgehead atoms. The van der Waals surface area contributed by atoms with Gasteiger partial charge in [-0.3, -0.25) is 4.98 Å². The molecule has 0 spiro atoms. The average molecular weight is 551 g/mol. The second-order valence-corrected chi connectivity index (χ2v) is 9.35. The zero-order valence-corrected chi connectivity index (χ0v) is 22.7. The average Bonchev–Trinajstić information content (AvgIpc) is 3.04. The highest BCUT2D eigenvalue weighted by atomic mass is 16.3. The van der Waals surface area contributed by atoms with Crippen molar-refractivity contribution in [1.82, 2.24) is 15.0 Å². The lowest BCUT2D eigenvalue weighted by atomic mass is 9.87. The first-order valence-corrected chi connectivity index (χ1v) is 13.1. The molecule has 0 atom stereocenters. The first-order valence-electron chi connectivity index (χ1n) is 13.1. The Morgan fingerprint density at radius 1 is 0.786 bits per heavy atom. The molecule has 0 amide bonds. The maximum Gasteiger partial charge on any atom is 0.205 e. The van der Waals surface area contributed by atoms with Crippen LogP contribution >= 0.6 is 0 Å². The number of nitrogens with zero attached hydrogens (tertiary/aromatic N) is 3. The fourth-order valence-corrected chi connectivity index (χ4v) is 4.45. The summed E-state index contributed by atoms with van der Waals surface area (Å²) in [4.78, 5) is 13.4. The molecule has 204 valence electrons. The van der Waals surface area contributed by atoms with Crippen LogP contribution in [0.3, 0.4) is 0 Å². The minimum absolute atomic E-state index is 0.0545. The predicted molar refractivity (Wildman–Crippen MR) is 166 cm³/mol. The van der Waals surface area contributed by atoms with Crippen molar-refractivity contribution in [3.63, 3.8) is 0 Å². The van der Waals surface area contributed by atoms with Gasteiger partial charge in [0.25, 0.3) is 0 Å². The fraction of sp³-hybridized carbons (Fsp3) is 0.0294. The van der Waals surface area contributed by atoms with E-state index in [9.17, 15) is 20.4 Å². The van der Waals surface area contributed by atoms with E-state index < -0.39 is 23.0 Å². The second-order valence-electron chi connectivity index (χ2n) is 9.35. The van der Waals surface area contributed by atoms with Crippen LogP contribution in [0, 0.1) is 0 Å². The summed E-state index contributed by atoms with van der Waals surface area (Å²) in [6.45, 7) is 1.94. The van der Waals surface area contributed by atoms with Crippen LogP contribution in [0.1, 0.15) is 18.2 Å². The van der Waals surface area contributed by atoms with Crippen molar-refractivity contribution in [2.24, 2.45) is 0 Å². The van der Waals surface area contributed by atoms with E-state index in [2.05, 4.69) is 9.97 Å². The Hall–Kier alpha value is -5.63. The fourth-order valence-electron chi connectivity index (χ4n) is 4.45. The summed E-state index contributed by atoms with van der Waals surface area (Å²) in [6, 6.07) is 21.6. The topological polar surface area (TPSA) is 120 Å². The normalized spacial score (nSPS) is 11.9. The summed E-state index contributed by atoms with van der Waals surface area (Å²) in [7, 11) is 6.02. The maximum absolute atomic E-state index is 10.6. The molecule has 0 saturated carbocycles. The van der Waals surface area contributed by atoms with E-state index in [0.29, 0.717) is 11.3 Å². The Bertz CT molecular complexity index is 1810. The SMILES string of the molecule is [B]c1c(O)c(O)c(O)c(O)c1-c1ncc(-c2cccc(-c3cccnc3)c2)c(/C=C/C(=C\C=C/C)c2ccccc2)n1. The van der Waals surface area contributed by atoms with E-state index in [1.807, 2.05) is 104 Å². The Kier molecular flexibility index (Phi) is 8.16. The number of hydrogen-bond acceptors (Lipinski definition) is 7. The van der Waals surface area contributed by atoms with Crippen molar-refractivity contribution >= 4 is 25.0 Å². The molecule has 2 radical (unpaired) electrons. The summed E-state index contributed by atoms with van der Waals surface area (Å²) in [5.41, 5.74) is 5.23. The number of aromatic nitrogens is 3. The molecule has 0 aliphatic rings. The van der Waals surface area contributed by atoms with Gasteiger partial charge in [0.15, 0.2) is 17.3 Å². The van der Waals surface area contributed by atoms with Crippen LogP contribution in [0.25, 0.3) is 45.3 Å². The van der Waals surface area contributed by atoms with Crippen molar-refractivity contribution in [3.05, 3.63) is 121 Å². The molecule has 42 heavy (non-hydrogen) atoms. The Labute approximate surface area is 244 Å². The lowest BCUT2D eigenvalue weighted by molar-refractivity contribution is 0.348. The first-order chi connectivity index (χ1) is 20.4. The van der Waals surface area contributed by atoms with E-state index in [0.717, 1.165) is 27.8 Å². The summed E-state index contributed by atoms with van der Waals surface area (Å²) in [5.74, 6) is -3.44. The van der Waals surface area contributed by atoms with Crippen LogP contribution in [0.15, 0.2) is 110 Å². The predicted octanol–water partition coefficient (Wildman–Crippen LogP) is 6.16. The lowest BCUT2D eigenvalue weighted by Gasteiger charge is -2.15. The second kappa shape index (κ2) is 12.3. The number of hydrogen-bond donors (Lipinski definition) is 4. The van der Waals surface area contributed by atoms with Gasteiger partial charge in [0.05, 0.1) is 11.3 Å². The summed E-state index contributed by atoms with van der Waals surface area (Å²) >= 11 is 0. The van der Waals surface area contributed by atoms with Crippen molar-refractivity contribution < 1.29 is 20.4 Å². The Morgan fingerprint density at radius 2 is 1.52 bits per heavy atom. The van der Waals surface area contributed by atoms with Crippen LogP contribution in [-0.2, 0) is 0 Å². The number of phenols is 4. The zero-order chi connectivity index (χ0) is 29.6. The first kappa shape index (κ1) is 27.9. The summed E-state index contributed by atoms with van der Waals surface area (Å²) in [6.07, 6.45) is 14.7. The molecule has 4 N–H and O–H groups in total. The number of aromatic hydroxyl groups is 4. The van der Waals surface area contributed by atoms with E-state index in [4.69, 9.17) is 12.8 Å². The van der Waals surface area contributed by atoms with Crippen molar-refractivity contribution in [2.45, 2.75) is 6.92 Å². The molecule has 5 aromatic rings. The largest absolute Gasteiger partial charge is 0.505 e. The molecule has 0 aliphatic heterocycles. The third-order valence-corrected chi connectivity index (χ3v) is 6.64. The standard InChI is InChI=1S/C34H26BN3O4/c1-2-3-9-22(21-10-5-4-6-11-21)15-16-27-26(24-13-7-12-23(18-24)25-14-8-17-36-19-25)20-37-34(38-27)28-29(35)31(40)33(42)32(41)30(28)39/h2-20,39-42H,1H3/b3-2-,16-15+,22-9+. The highest BCUT2D eigenvalue weighted by molar-refractivity contribution is 6.38. The van der Waals surface area contributed by atoms with Gasteiger partial charge in [-0.2, -0.15) is 0 Å². The molecular weight excluding hydrogens is 525 g/mol. The Morgan fingerprint density at radius 3 is 2.26 bits per heavy atom. The molecule has 8 heteroatoms. The smallest absolute Gasteiger partial charge is 0.205 e. The maximum atomic E-state index is 10.6. The number of allylic oxidation sites excluding steroid dienone is 5.